The Bertz CT molecular complexity index is 373. The smallest absolute Gasteiger partial charge is 0.147 e. The van der Waals surface area contributed by atoms with E-state index in [0.717, 1.165) is 31.0 Å². The van der Waals surface area contributed by atoms with Crippen LogP contribution in [0.15, 0.2) is 12.4 Å². The topological polar surface area (TPSA) is 41.1 Å². The molecule has 1 heterocycles. The number of hydrogen-bond donors (Lipinski definition) is 1. The van der Waals surface area contributed by atoms with Gasteiger partial charge in [-0.25, -0.2) is 4.98 Å². The molecule has 0 saturated carbocycles. The van der Waals surface area contributed by atoms with Crippen molar-refractivity contribution in [3.8, 4) is 0 Å². The summed E-state index contributed by atoms with van der Waals surface area (Å²) in [7, 11) is 2.09. The number of nitrogens with one attached hydrogen (secondary N) is 1. The largest absolute Gasteiger partial charge is 0.356 e. The number of anilines is 1. The van der Waals surface area contributed by atoms with E-state index in [1.807, 2.05) is 12.4 Å². The lowest BCUT2D eigenvalue weighted by atomic mass is 10.0. The first-order chi connectivity index (χ1) is 9.40. The Labute approximate surface area is 124 Å². The van der Waals surface area contributed by atoms with Gasteiger partial charge in [-0.15, -0.1) is 0 Å². The van der Waals surface area contributed by atoms with Gasteiger partial charge in [0.05, 0.1) is 18.1 Å². The average Bonchev–Trinajstić information content (AvgIpc) is 2.37. The highest BCUT2D eigenvalue weighted by molar-refractivity contribution is 5.35. The SMILES string of the molecule is CC(C)CNCc1cnc(N(C)C(C)CC(C)C)cn1. The van der Waals surface area contributed by atoms with Crippen molar-refractivity contribution in [3.63, 3.8) is 0 Å². The molecular weight excluding hydrogens is 248 g/mol. The van der Waals surface area contributed by atoms with E-state index < -0.39 is 0 Å². The van der Waals surface area contributed by atoms with Crippen LogP contribution >= 0.6 is 0 Å². The highest BCUT2D eigenvalue weighted by Gasteiger charge is 2.13. The van der Waals surface area contributed by atoms with Crippen LogP contribution in [0.3, 0.4) is 0 Å². The fourth-order valence-corrected chi connectivity index (χ4v) is 2.18. The maximum atomic E-state index is 4.53. The van der Waals surface area contributed by atoms with Crippen LogP contribution in [-0.4, -0.2) is 29.6 Å². The van der Waals surface area contributed by atoms with Crippen molar-refractivity contribution >= 4 is 5.82 Å². The van der Waals surface area contributed by atoms with E-state index in [4.69, 9.17) is 0 Å². The van der Waals surface area contributed by atoms with Crippen LogP contribution < -0.4 is 10.2 Å². The lowest BCUT2D eigenvalue weighted by Crippen LogP contribution is -2.31. The lowest BCUT2D eigenvalue weighted by Gasteiger charge is -2.27. The molecule has 0 spiro atoms. The first-order valence-electron chi connectivity index (χ1n) is 7.64. The summed E-state index contributed by atoms with van der Waals surface area (Å²) in [6.45, 7) is 12.9. The Morgan fingerprint density at radius 1 is 1.05 bits per heavy atom. The Morgan fingerprint density at radius 2 is 1.75 bits per heavy atom. The maximum absolute atomic E-state index is 4.53. The summed E-state index contributed by atoms with van der Waals surface area (Å²) in [5.74, 6) is 2.30. The van der Waals surface area contributed by atoms with E-state index in [1.165, 1.54) is 0 Å². The summed E-state index contributed by atoms with van der Waals surface area (Å²) in [6, 6.07) is 0.481. The summed E-state index contributed by atoms with van der Waals surface area (Å²) in [4.78, 5) is 11.2. The van der Waals surface area contributed by atoms with Gasteiger partial charge in [0.15, 0.2) is 0 Å². The van der Waals surface area contributed by atoms with Crippen LogP contribution in [0.1, 0.15) is 46.7 Å². The molecule has 20 heavy (non-hydrogen) atoms. The fourth-order valence-electron chi connectivity index (χ4n) is 2.18. The van der Waals surface area contributed by atoms with E-state index in [2.05, 4.69) is 61.9 Å². The summed E-state index contributed by atoms with van der Waals surface area (Å²) in [5, 5.41) is 3.38. The highest BCUT2D eigenvalue weighted by Crippen LogP contribution is 2.15. The normalized spacial score (nSPS) is 13.0. The molecule has 1 atom stereocenters. The summed E-state index contributed by atoms with van der Waals surface area (Å²) >= 11 is 0. The monoisotopic (exact) mass is 278 g/mol. The molecule has 0 bridgehead atoms. The van der Waals surface area contributed by atoms with Crippen molar-refractivity contribution in [1.82, 2.24) is 15.3 Å². The summed E-state index contributed by atoms with van der Waals surface area (Å²) in [6.07, 6.45) is 4.92. The molecule has 0 fully saturated rings. The molecule has 0 aliphatic carbocycles. The molecule has 114 valence electrons. The van der Waals surface area contributed by atoms with Crippen LogP contribution in [0.4, 0.5) is 5.82 Å². The second-order valence-electron chi connectivity index (χ2n) is 6.48. The predicted molar refractivity (Wildman–Crippen MR) is 85.9 cm³/mol. The van der Waals surface area contributed by atoms with Crippen LogP contribution in [0, 0.1) is 11.8 Å². The molecule has 0 aromatic carbocycles. The van der Waals surface area contributed by atoms with Gasteiger partial charge < -0.3 is 10.2 Å². The molecule has 1 rings (SSSR count). The van der Waals surface area contributed by atoms with E-state index in [0.29, 0.717) is 17.9 Å². The molecule has 0 aliphatic rings. The minimum absolute atomic E-state index is 0.481. The van der Waals surface area contributed by atoms with Crippen LogP contribution in [0.2, 0.25) is 0 Å². The molecule has 0 amide bonds. The van der Waals surface area contributed by atoms with Gasteiger partial charge in [0.2, 0.25) is 0 Å². The lowest BCUT2D eigenvalue weighted by molar-refractivity contribution is 0.501. The Morgan fingerprint density at radius 3 is 2.25 bits per heavy atom. The van der Waals surface area contributed by atoms with Gasteiger partial charge in [0, 0.05) is 19.6 Å². The highest BCUT2D eigenvalue weighted by atomic mass is 15.2. The van der Waals surface area contributed by atoms with Gasteiger partial charge >= 0.3 is 0 Å². The third kappa shape index (κ3) is 5.87. The number of rotatable bonds is 8. The van der Waals surface area contributed by atoms with Crippen LogP contribution in [-0.2, 0) is 6.54 Å². The van der Waals surface area contributed by atoms with Crippen molar-refractivity contribution in [2.24, 2.45) is 11.8 Å². The van der Waals surface area contributed by atoms with E-state index in [-0.39, 0.29) is 0 Å². The maximum Gasteiger partial charge on any atom is 0.147 e. The summed E-state index contributed by atoms with van der Waals surface area (Å²) < 4.78 is 0. The van der Waals surface area contributed by atoms with Gasteiger partial charge in [-0.3, -0.25) is 4.98 Å². The number of aromatic nitrogens is 2. The first kappa shape index (κ1) is 16.9. The zero-order valence-electron chi connectivity index (χ0n) is 13.8. The van der Waals surface area contributed by atoms with Gasteiger partial charge in [-0.05, 0) is 31.7 Å². The zero-order chi connectivity index (χ0) is 15.1. The third-order valence-electron chi connectivity index (χ3n) is 3.39. The van der Waals surface area contributed by atoms with Crippen molar-refractivity contribution in [1.29, 1.82) is 0 Å². The average molecular weight is 278 g/mol. The molecule has 4 nitrogen and oxygen atoms in total. The second kappa shape index (κ2) is 8.20. The minimum atomic E-state index is 0.481. The summed E-state index contributed by atoms with van der Waals surface area (Å²) in [5.41, 5.74) is 0.999. The minimum Gasteiger partial charge on any atom is -0.356 e. The molecule has 0 saturated heterocycles. The van der Waals surface area contributed by atoms with Crippen LogP contribution in [0.25, 0.3) is 0 Å². The molecule has 1 aromatic rings. The second-order valence-corrected chi connectivity index (χ2v) is 6.48. The Kier molecular flexibility index (Phi) is 6.93. The van der Waals surface area contributed by atoms with Gasteiger partial charge in [0.25, 0.3) is 0 Å². The molecule has 1 unspecified atom stereocenters. The first-order valence-corrected chi connectivity index (χ1v) is 7.64. The van der Waals surface area contributed by atoms with Gasteiger partial charge in [-0.1, -0.05) is 27.7 Å². The third-order valence-corrected chi connectivity index (χ3v) is 3.39. The molecule has 1 aromatic heterocycles. The van der Waals surface area contributed by atoms with Crippen LogP contribution in [0.5, 0.6) is 0 Å². The standard InChI is InChI=1S/C16H30N4/c1-12(2)7-14(5)20(6)16-11-18-15(10-19-16)9-17-8-13(3)4/h10-14,17H,7-9H2,1-6H3. The molecule has 0 radical (unpaired) electrons. The molecule has 4 heteroatoms. The zero-order valence-corrected chi connectivity index (χ0v) is 13.8. The number of nitrogens with zero attached hydrogens (tertiary/aromatic N) is 3. The van der Waals surface area contributed by atoms with Gasteiger partial charge in [0.1, 0.15) is 5.82 Å². The molecule has 1 N–H and O–H groups in total. The Balaban J connectivity index is 2.52. The quantitative estimate of drug-likeness (QED) is 0.793. The predicted octanol–water partition coefficient (Wildman–Crippen LogP) is 3.09. The van der Waals surface area contributed by atoms with Crippen molar-refractivity contribution < 1.29 is 0 Å². The number of hydrogen-bond acceptors (Lipinski definition) is 4. The van der Waals surface area contributed by atoms with Crippen molar-refractivity contribution in [2.75, 3.05) is 18.5 Å². The van der Waals surface area contributed by atoms with E-state index >= 15 is 0 Å². The molecular formula is C16H30N4. The van der Waals surface area contributed by atoms with Gasteiger partial charge in [-0.2, -0.15) is 0 Å². The van der Waals surface area contributed by atoms with Crippen molar-refractivity contribution in [3.05, 3.63) is 18.1 Å². The van der Waals surface area contributed by atoms with Crippen molar-refractivity contribution in [2.45, 2.75) is 53.6 Å². The molecule has 0 aliphatic heterocycles. The van der Waals surface area contributed by atoms with E-state index in [1.54, 1.807) is 0 Å². The Hall–Kier alpha value is -1.16. The fraction of sp³-hybridized carbons (Fsp3) is 0.750. The van der Waals surface area contributed by atoms with E-state index in [9.17, 15) is 0 Å².